The second-order valence-electron chi connectivity index (χ2n) is 7.40. The summed E-state index contributed by atoms with van der Waals surface area (Å²) in [5, 5.41) is 12.2. The van der Waals surface area contributed by atoms with Crippen molar-refractivity contribution in [1.82, 2.24) is 4.98 Å². The molecule has 4 heteroatoms. The molecule has 0 radical (unpaired) electrons. The molecule has 24 heavy (non-hydrogen) atoms. The monoisotopic (exact) mass is 327 g/mol. The Bertz CT molecular complexity index is 733. The summed E-state index contributed by atoms with van der Waals surface area (Å²) in [6.45, 7) is 4.73. The number of aliphatic hydroxyl groups is 1. The Morgan fingerprint density at radius 2 is 2.25 bits per heavy atom. The number of methoxy groups -OCH3 is 1. The molecular weight excluding hydrogens is 300 g/mol. The lowest BCUT2D eigenvalue weighted by Crippen LogP contribution is -3.20. The van der Waals surface area contributed by atoms with Crippen LogP contribution in [0.1, 0.15) is 37.9 Å². The van der Waals surface area contributed by atoms with Gasteiger partial charge >= 0.3 is 0 Å². The van der Waals surface area contributed by atoms with Crippen LogP contribution >= 0.6 is 0 Å². The fourth-order valence-electron chi connectivity index (χ4n) is 4.93. The molecule has 2 N–H and O–H groups in total. The van der Waals surface area contributed by atoms with Gasteiger partial charge in [0.15, 0.2) is 0 Å². The highest BCUT2D eigenvalue weighted by molar-refractivity contribution is 5.83. The van der Waals surface area contributed by atoms with Gasteiger partial charge in [0.25, 0.3) is 0 Å². The first-order valence-electron chi connectivity index (χ1n) is 9.16. The summed E-state index contributed by atoms with van der Waals surface area (Å²) in [6, 6.07) is 8.18. The van der Waals surface area contributed by atoms with Crippen molar-refractivity contribution in [2.75, 3.05) is 20.2 Å². The van der Waals surface area contributed by atoms with E-state index in [1.54, 1.807) is 12.0 Å². The molecule has 3 aliphatic rings. The van der Waals surface area contributed by atoms with Crippen LogP contribution in [0.25, 0.3) is 10.9 Å². The SMILES string of the molecule is CC[C@@H]1C[NH+]2CC[C@H]1C[C@@H]2[C@H](O)c1ccnc2ccc(OC)cc12. The van der Waals surface area contributed by atoms with E-state index in [0.717, 1.165) is 40.5 Å². The van der Waals surface area contributed by atoms with Crippen molar-refractivity contribution in [1.29, 1.82) is 0 Å². The number of nitrogens with zero attached hydrogens (tertiary/aromatic N) is 1. The van der Waals surface area contributed by atoms with E-state index in [2.05, 4.69) is 11.9 Å². The number of ether oxygens (including phenoxy) is 1. The number of rotatable bonds is 4. The van der Waals surface area contributed by atoms with Gasteiger partial charge in [-0.1, -0.05) is 6.92 Å². The molecule has 1 aromatic heterocycles. The Kier molecular flexibility index (Phi) is 4.19. The van der Waals surface area contributed by atoms with Crippen molar-refractivity contribution in [3.8, 4) is 5.75 Å². The molecule has 5 rings (SSSR count). The van der Waals surface area contributed by atoms with Gasteiger partial charge in [0, 0.05) is 30.3 Å². The zero-order valence-corrected chi connectivity index (χ0v) is 14.5. The van der Waals surface area contributed by atoms with Crippen LogP contribution in [-0.4, -0.2) is 36.3 Å². The third-order valence-corrected chi connectivity index (χ3v) is 6.31. The molecule has 4 nitrogen and oxygen atoms in total. The van der Waals surface area contributed by atoms with Crippen LogP contribution in [0.4, 0.5) is 0 Å². The number of aromatic nitrogens is 1. The Morgan fingerprint density at radius 3 is 2.96 bits per heavy atom. The van der Waals surface area contributed by atoms with Gasteiger partial charge in [0.05, 0.1) is 25.7 Å². The molecule has 0 saturated carbocycles. The third-order valence-electron chi connectivity index (χ3n) is 6.31. The fraction of sp³-hybridized carbons (Fsp3) is 0.550. The van der Waals surface area contributed by atoms with Gasteiger partial charge in [-0.05, 0) is 42.2 Å². The lowest BCUT2D eigenvalue weighted by Gasteiger charge is -2.48. The van der Waals surface area contributed by atoms with E-state index < -0.39 is 6.10 Å². The number of aliphatic hydroxyl groups excluding tert-OH is 1. The molecule has 3 fully saturated rings. The van der Waals surface area contributed by atoms with E-state index in [9.17, 15) is 5.11 Å². The topological polar surface area (TPSA) is 46.8 Å². The quantitative estimate of drug-likeness (QED) is 0.903. The highest BCUT2D eigenvalue weighted by Crippen LogP contribution is 2.35. The highest BCUT2D eigenvalue weighted by Gasteiger charge is 2.46. The standard InChI is InChI=1S/C20H26N2O2/c1-3-13-12-22-9-7-14(13)10-19(22)20(23)16-6-8-21-18-5-4-15(24-2)11-17(16)18/h4-6,8,11,13-14,19-20,23H,3,7,9-10,12H2,1-2H3/p+1/t13-,14+,19-,20-/m1/s1. The number of quaternary nitrogens is 1. The molecule has 5 atom stereocenters. The van der Waals surface area contributed by atoms with Crippen LogP contribution in [0.15, 0.2) is 30.5 Å². The van der Waals surface area contributed by atoms with E-state index >= 15 is 0 Å². The predicted molar refractivity (Wildman–Crippen MR) is 94.2 cm³/mol. The van der Waals surface area contributed by atoms with Crippen molar-refractivity contribution in [2.45, 2.75) is 38.3 Å². The maximum atomic E-state index is 11.2. The molecule has 2 aromatic rings. The van der Waals surface area contributed by atoms with Crippen LogP contribution in [0.3, 0.4) is 0 Å². The van der Waals surface area contributed by atoms with Gasteiger partial charge in [-0.25, -0.2) is 0 Å². The van der Waals surface area contributed by atoms with E-state index in [-0.39, 0.29) is 0 Å². The predicted octanol–water partition coefficient (Wildman–Crippen LogP) is 1.98. The Balaban J connectivity index is 1.68. The maximum Gasteiger partial charge on any atom is 0.131 e. The van der Waals surface area contributed by atoms with E-state index in [0.29, 0.717) is 6.04 Å². The normalized spacial score (nSPS) is 30.5. The molecule has 1 aromatic carbocycles. The van der Waals surface area contributed by atoms with Crippen molar-refractivity contribution >= 4 is 10.9 Å². The van der Waals surface area contributed by atoms with E-state index in [1.807, 2.05) is 30.5 Å². The van der Waals surface area contributed by atoms with Gasteiger partial charge in [-0.15, -0.1) is 0 Å². The van der Waals surface area contributed by atoms with Gasteiger partial charge in [-0.2, -0.15) is 0 Å². The van der Waals surface area contributed by atoms with Gasteiger partial charge in [0.2, 0.25) is 0 Å². The lowest BCUT2D eigenvalue weighted by molar-refractivity contribution is -0.950. The van der Waals surface area contributed by atoms with Crippen molar-refractivity contribution < 1.29 is 14.7 Å². The zero-order valence-electron chi connectivity index (χ0n) is 14.5. The molecular formula is C20H27N2O2+. The first kappa shape index (κ1) is 15.9. The zero-order chi connectivity index (χ0) is 16.7. The van der Waals surface area contributed by atoms with Gasteiger partial charge in [0.1, 0.15) is 17.9 Å². The fourth-order valence-corrected chi connectivity index (χ4v) is 4.93. The van der Waals surface area contributed by atoms with E-state index in [1.165, 1.54) is 25.9 Å². The summed E-state index contributed by atoms with van der Waals surface area (Å²) >= 11 is 0. The number of piperidine rings is 3. The Morgan fingerprint density at radius 1 is 1.38 bits per heavy atom. The minimum atomic E-state index is -0.432. The number of fused-ring (bicyclic) bond motifs is 4. The molecule has 4 heterocycles. The van der Waals surface area contributed by atoms with Gasteiger partial charge in [-0.3, -0.25) is 4.98 Å². The lowest BCUT2D eigenvalue weighted by atomic mass is 9.72. The smallest absolute Gasteiger partial charge is 0.131 e. The van der Waals surface area contributed by atoms with Gasteiger partial charge < -0.3 is 14.7 Å². The first-order chi connectivity index (χ1) is 11.7. The summed E-state index contributed by atoms with van der Waals surface area (Å²) in [5.74, 6) is 2.44. The van der Waals surface area contributed by atoms with Crippen LogP contribution in [-0.2, 0) is 0 Å². The number of hydrogen-bond acceptors (Lipinski definition) is 3. The minimum absolute atomic E-state index is 0.309. The minimum Gasteiger partial charge on any atom is -0.497 e. The van der Waals surface area contributed by atoms with Crippen molar-refractivity contribution in [3.63, 3.8) is 0 Å². The molecule has 0 aliphatic carbocycles. The highest BCUT2D eigenvalue weighted by atomic mass is 16.5. The van der Waals surface area contributed by atoms with Crippen molar-refractivity contribution in [3.05, 3.63) is 36.0 Å². The number of pyridine rings is 1. The van der Waals surface area contributed by atoms with Crippen molar-refractivity contribution in [2.24, 2.45) is 11.8 Å². The summed E-state index contributed by atoms with van der Waals surface area (Å²) in [5.41, 5.74) is 1.92. The second kappa shape index (κ2) is 6.34. The van der Waals surface area contributed by atoms with Crippen LogP contribution in [0.5, 0.6) is 5.75 Å². The summed E-state index contributed by atoms with van der Waals surface area (Å²) < 4.78 is 5.37. The number of hydrogen-bond donors (Lipinski definition) is 2. The molecule has 3 saturated heterocycles. The average Bonchev–Trinajstić information content (AvgIpc) is 2.66. The number of nitrogens with one attached hydrogen (secondary N) is 1. The molecule has 0 amide bonds. The Hall–Kier alpha value is -1.65. The molecule has 3 aliphatic heterocycles. The maximum absolute atomic E-state index is 11.2. The summed E-state index contributed by atoms with van der Waals surface area (Å²) in [7, 11) is 1.68. The van der Waals surface area contributed by atoms with Crippen LogP contribution in [0.2, 0.25) is 0 Å². The molecule has 128 valence electrons. The first-order valence-corrected chi connectivity index (χ1v) is 9.16. The number of benzene rings is 1. The second-order valence-corrected chi connectivity index (χ2v) is 7.40. The molecule has 2 bridgehead atoms. The largest absolute Gasteiger partial charge is 0.497 e. The average molecular weight is 327 g/mol. The van der Waals surface area contributed by atoms with Crippen LogP contribution < -0.4 is 9.64 Å². The molecule has 1 unspecified atom stereocenters. The summed E-state index contributed by atoms with van der Waals surface area (Å²) in [6.07, 6.45) is 5.11. The third kappa shape index (κ3) is 2.58. The summed E-state index contributed by atoms with van der Waals surface area (Å²) in [4.78, 5) is 6.03. The van der Waals surface area contributed by atoms with E-state index in [4.69, 9.17) is 4.74 Å². The Labute approximate surface area is 143 Å². The molecule has 0 spiro atoms. The van der Waals surface area contributed by atoms with Crippen LogP contribution in [0, 0.1) is 11.8 Å².